The molecule has 0 saturated carbocycles. The second-order valence-corrected chi connectivity index (χ2v) is 7.18. The molecule has 25 heavy (non-hydrogen) atoms. The van der Waals surface area contributed by atoms with E-state index in [1.54, 1.807) is 19.2 Å². The lowest BCUT2D eigenvalue weighted by Crippen LogP contribution is -2.62. The molecule has 0 aliphatic carbocycles. The van der Waals surface area contributed by atoms with Gasteiger partial charge in [-0.1, -0.05) is 17.3 Å². The van der Waals surface area contributed by atoms with E-state index in [1.165, 1.54) is 17.0 Å². The first-order chi connectivity index (χ1) is 11.6. The highest BCUT2D eigenvalue weighted by Gasteiger charge is 2.39. The molecule has 1 atom stereocenters. The van der Waals surface area contributed by atoms with Gasteiger partial charge in [-0.05, 0) is 38.5 Å². The van der Waals surface area contributed by atoms with Crippen molar-refractivity contribution in [3.63, 3.8) is 0 Å². The van der Waals surface area contributed by atoms with Crippen molar-refractivity contribution in [2.75, 3.05) is 20.1 Å². The fourth-order valence-electron chi connectivity index (χ4n) is 2.73. The molecule has 2 rings (SSSR count). The van der Waals surface area contributed by atoms with Gasteiger partial charge in [-0.25, -0.2) is 9.18 Å². The predicted molar refractivity (Wildman–Crippen MR) is 91.9 cm³/mol. The van der Waals surface area contributed by atoms with Gasteiger partial charge in [0.05, 0.1) is 12.1 Å². The predicted octanol–water partition coefficient (Wildman–Crippen LogP) is 2.16. The summed E-state index contributed by atoms with van der Waals surface area (Å²) in [5.74, 6) is -0.417. The first kappa shape index (κ1) is 19.0. The van der Waals surface area contributed by atoms with Crippen LogP contribution in [0, 0.1) is 5.82 Å². The van der Waals surface area contributed by atoms with Crippen LogP contribution in [0.5, 0.6) is 0 Å². The number of likely N-dealkylation sites (tertiary alicyclic amines) is 1. The summed E-state index contributed by atoms with van der Waals surface area (Å²) in [7, 11) is 1.68. The normalized spacial score (nSPS) is 17.7. The number of halogens is 1. The fourth-order valence-corrected chi connectivity index (χ4v) is 2.73. The number of oxime groups is 1. The summed E-state index contributed by atoms with van der Waals surface area (Å²) in [4.78, 5) is 15.6. The number of carbonyl (C=O) groups excluding carboxylic acids is 1. The van der Waals surface area contributed by atoms with E-state index >= 15 is 0 Å². The van der Waals surface area contributed by atoms with E-state index in [0.29, 0.717) is 18.7 Å². The molecule has 138 valence electrons. The molecule has 0 radical (unpaired) electrons. The number of amidine groups is 1. The van der Waals surface area contributed by atoms with Crippen molar-refractivity contribution in [3.8, 4) is 0 Å². The summed E-state index contributed by atoms with van der Waals surface area (Å²) in [5.41, 5.74) is 5.83. The van der Waals surface area contributed by atoms with Crippen molar-refractivity contribution in [1.82, 2.24) is 9.80 Å². The highest BCUT2D eigenvalue weighted by atomic mass is 19.1. The molecule has 0 unspecified atom stereocenters. The van der Waals surface area contributed by atoms with Crippen LogP contribution in [-0.2, 0) is 4.74 Å². The van der Waals surface area contributed by atoms with Gasteiger partial charge < -0.3 is 20.6 Å². The zero-order valence-corrected chi connectivity index (χ0v) is 14.9. The Morgan fingerprint density at radius 3 is 2.64 bits per heavy atom. The van der Waals surface area contributed by atoms with E-state index in [-0.39, 0.29) is 11.9 Å². The molecule has 0 spiro atoms. The number of likely N-dealkylation sites (N-methyl/N-ethyl adjacent to an activating group) is 1. The minimum atomic E-state index is -0.563. The van der Waals surface area contributed by atoms with Crippen molar-refractivity contribution in [3.05, 3.63) is 35.6 Å². The van der Waals surface area contributed by atoms with E-state index in [9.17, 15) is 9.18 Å². The lowest BCUT2D eigenvalue weighted by molar-refractivity contribution is -0.00894. The third-order valence-corrected chi connectivity index (χ3v) is 4.04. The van der Waals surface area contributed by atoms with Crippen LogP contribution >= 0.6 is 0 Å². The quantitative estimate of drug-likeness (QED) is 0.375. The smallest absolute Gasteiger partial charge is 0.410 e. The molecule has 1 aromatic rings. The number of rotatable bonds is 4. The molecular weight excluding hydrogens is 327 g/mol. The van der Waals surface area contributed by atoms with Gasteiger partial charge in [-0.15, -0.1) is 0 Å². The maximum absolute atomic E-state index is 13.5. The van der Waals surface area contributed by atoms with Crippen LogP contribution in [0.3, 0.4) is 0 Å². The largest absolute Gasteiger partial charge is 0.444 e. The SMILES string of the molecule is CN(C(=O)OC(C)(C)C)C1CN([C@@H](C(N)=NO)c2cccc(F)c2)C1. The van der Waals surface area contributed by atoms with E-state index in [2.05, 4.69) is 5.16 Å². The number of amides is 1. The van der Waals surface area contributed by atoms with E-state index in [0.717, 1.165) is 0 Å². The first-order valence-corrected chi connectivity index (χ1v) is 8.05. The summed E-state index contributed by atoms with van der Waals surface area (Å²) in [6.07, 6.45) is -0.400. The first-order valence-electron chi connectivity index (χ1n) is 8.05. The van der Waals surface area contributed by atoms with Gasteiger partial charge in [0.25, 0.3) is 0 Å². The Morgan fingerprint density at radius 1 is 1.48 bits per heavy atom. The fraction of sp³-hybridized carbons (Fsp3) is 0.529. The minimum absolute atomic E-state index is 0.0241. The van der Waals surface area contributed by atoms with E-state index in [1.807, 2.05) is 25.7 Å². The van der Waals surface area contributed by atoms with Crippen LogP contribution < -0.4 is 5.73 Å². The molecule has 1 aliphatic rings. The number of nitrogens with zero attached hydrogens (tertiary/aromatic N) is 3. The second kappa shape index (κ2) is 7.26. The third kappa shape index (κ3) is 4.60. The molecule has 1 heterocycles. The van der Waals surface area contributed by atoms with Gasteiger partial charge in [0.15, 0.2) is 5.84 Å². The van der Waals surface area contributed by atoms with Crippen LogP contribution in [0.25, 0.3) is 0 Å². The Labute approximate surface area is 146 Å². The molecule has 7 nitrogen and oxygen atoms in total. The van der Waals surface area contributed by atoms with Crippen molar-refractivity contribution in [2.24, 2.45) is 10.9 Å². The highest BCUT2D eigenvalue weighted by Crippen LogP contribution is 2.29. The van der Waals surface area contributed by atoms with Gasteiger partial charge in [0.1, 0.15) is 11.4 Å². The van der Waals surface area contributed by atoms with Gasteiger partial charge >= 0.3 is 6.09 Å². The number of benzene rings is 1. The van der Waals surface area contributed by atoms with E-state index < -0.39 is 23.6 Å². The standard InChI is InChI=1S/C17H25FN4O3/c1-17(2,3)25-16(23)21(4)13-9-22(10-13)14(15(19)20-24)11-6-5-7-12(18)8-11/h5-8,13-14,24H,9-10H2,1-4H3,(H2,19,20)/t14-/m1/s1. The number of ether oxygens (including phenoxy) is 1. The Balaban J connectivity index is 2.06. The lowest BCUT2D eigenvalue weighted by Gasteiger charge is -2.47. The van der Waals surface area contributed by atoms with Gasteiger partial charge in [-0.3, -0.25) is 4.90 Å². The molecule has 8 heteroatoms. The Hall–Kier alpha value is -2.35. The highest BCUT2D eigenvalue weighted by molar-refractivity contribution is 5.86. The van der Waals surface area contributed by atoms with Crippen molar-refractivity contribution in [1.29, 1.82) is 0 Å². The van der Waals surface area contributed by atoms with E-state index in [4.69, 9.17) is 15.7 Å². The van der Waals surface area contributed by atoms with Crippen molar-refractivity contribution in [2.45, 2.75) is 38.5 Å². The maximum Gasteiger partial charge on any atom is 0.410 e. The van der Waals surface area contributed by atoms with Crippen LogP contribution in [0.1, 0.15) is 32.4 Å². The zero-order chi connectivity index (χ0) is 18.8. The Kier molecular flexibility index (Phi) is 5.52. The molecule has 0 aromatic heterocycles. The zero-order valence-electron chi connectivity index (χ0n) is 14.9. The van der Waals surface area contributed by atoms with Crippen LogP contribution in [0.4, 0.5) is 9.18 Å². The number of hydrogen-bond acceptors (Lipinski definition) is 5. The van der Waals surface area contributed by atoms with Crippen LogP contribution in [0.15, 0.2) is 29.4 Å². The minimum Gasteiger partial charge on any atom is -0.444 e. The van der Waals surface area contributed by atoms with Crippen molar-refractivity contribution < 1.29 is 19.1 Å². The topological polar surface area (TPSA) is 91.4 Å². The summed E-state index contributed by atoms with van der Waals surface area (Å²) in [6.45, 7) is 6.44. The van der Waals surface area contributed by atoms with Gasteiger partial charge in [0, 0.05) is 20.1 Å². The van der Waals surface area contributed by atoms with Crippen LogP contribution in [-0.4, -0.2) is 58.7 Å². The lowest BCUT2D eigenvalue weighted by atomic mass is 9.97. The molecule has 0 bridgehead atoms. The molecular formula is C17H25FN4O3. The number of hydrogen-bond donors (Lipinski definition) is 2. The molecule has 1 fully saturated rings. The Bertz CT molecular complexity index is 654. The summed E-state index contributed by atoms with van der Waals surface area (Å²) in [5, 5.41) is 12.1. The second-order valence-electron chi connectivity index (χ2n) is 7.18. The van der Waals surface area contributed by atoms with Gasteiger partial charge in [0.2, 0.25) is 0 Å². The van der Waals surface area contributed by atoms with Gasteiger partial charge in [-0.2, -0.15) is 0 Å². The molecule has 3 N–H and O–H groups in total. The molecule has 1 aromatic carbocycles. The monoisotopic (exact) mass is 352 g/mol. The maximum atomic E-state index is 13.5. The molecule has 1 saturated heterocycles. The summed E-state index contributed by atoms with van der Waals surface area (Å²) in [6, 6.07) is 5.38. The average Bonchev–Trinajstić information content (AvgIpc) is 2.47. The Morgan fingerprint density at radius 2 is 2.12 bits per heavy atom. The summed E-state index contributed by atoms with van der Waals surface area (Å²) >= 11 is 0. The van der Waals surface area contributed by atoms with Crippen LogP contribution in [0.2, 0.25) is 0 Å². The number of carbonyl (C=O) groups is 1. The molecule has 1 amide bonds. The third-order valence-electron chi connectivity index (χ3n) is 4.04. The summed E-state index contributed by atoms with van der Waals surface area (Å²) < 4.78 is 18.9. The average molecular weight is 352 g/mol. The van der Waals surface area contributed by atoms with Crippen molar-refractivity contribution >= 4 is 11.9 Å². The molecule has 1 aliphatic heterocycles. The number of nitrogens with two attached hydrogens (primary N) is 1.